The fourth-order valence-corrected chi connectivity index (χ4v) is 1.26. The van der Waals surface area contributed by atoms with E-state index in [9.17, 15) is 4.79 Å². The number of halogens is 1. The smallest absolute Gasteiger partial charge is 0.241 e. The molecule has 0 aliphatic rings. The monoisotopic (exact) mass is 224 g/mol. The molecule has 80 valence electrons. The van der Waals surface area contributed by atoms with Crippen molar-refractivity contribution in [1.29, 1.82) is 0 Å². The van der Waals surface area contributed by atoms with Gasteiger partial charge in [0, 0.05) is 0 Å². The quantitative estimate of drug-likeness (QED) is 0.771. The van der Waals surface area contributed by atoms with E-state index in [0.29, 0.717) is 17.1 Å². The summed E-state index contributed by atoms with van der Waals surface area (Å²) in [5.74, 6) is -0.261. The maximum atomic E-state index is 11.5. The first-order chi connectivity index (χ1) is 7.15. The van der Waals surface area contributed by atoms with Gasteiger partial charge in [-0.05, 0) is 18.6 Å². The van der Waals surface area contributed by atoms with Crippen molar-refractivity contribution in [3.05, 3.63) is 41.9 Å². The highest BCUT2D eigenvalue weighted by atomic mass is 35.5. The minimum atomic E-state index is -0.584. The Hall–Kier alpha value is -1.32. The maximum absolute atomic E-state index is 11.5. The summed E-state index contributed by atoms with van der Waals surface area (Å²) in [4.78, 5) is 11.5. The molecule has 0 aliphatic heterocycles. The standard InChI is InChI=1S/C11H13ClN2O/c1-2-5-9(13)11(15)14-10-7-4-3-6-8(10)12/h2-4,6-7,9H,1,5,13H2,(H,14,15). The molecule has 1 aromatic carbocycles. The summed E-state index contributed by atoms with van der Waals surface area (Å²) < 4.78 is 0. The third-order valence-corrected chi connectivity index (χ3v) is 2.22. The van der Waals surface area contributed by atoms with Gasteiger partial charge in [-0.25, -0.2) is 0 Å². The van der Waals surface area contributed by atoms with Crippen LogP contribution in [0.3, 0.4) is 0 Å². The highest BCUT2D eigenvalue weighted by Gasteiger charge is 2.12. The predicted octanol–water partition coefficient (Wildman–Crippen LogP) is 2.18. The molecule has 0 aliphatic carbocycles. The molecule has 0 radical (unpaired) electrons. The van der Waals surface area contributed by atoms with Gasteiger partial charge < -0.3 is 11.1 Å². The van der Waals surface area contributed by atoms with Crippen molar-refractivity contribution in [3.8, 4) is 0 Å². The zero-order valence-corrected chi connectivity index (χ0v) is 9.00. The maximum Gasteiger partial charge on any atom is 0.241 e. The molecule has 3 nitrogen and oxygen atoms in total. The van der Waals surface area contributed by atoms with E-state index in [1.807, 2.05) is 0 Å². The molecule has 1 rings (SSSR count). The van der Waals surface area contributed by atoms with Crippen LogP contribution in [0, 0.1) is 0 Å². The first-order valence-corrected chi connectivity index (χ1v) is 4.95. The Balaban J connectivity index is 2.66. The number of nitrogens with two attached hydrogens (primary N) is 1. The molecule has 3 N–H and O–H groups in total. The topological polar surface area (TPSA) is 55.1 Å². The lowest BCUT2D eigenvalue weighted by atomic mass is 10.2. The van der Waals surface area contributed by atoms with E-state index in [2.05, 4.69) is 11.9 Å². The number of hydrogen-bond acceptors (Lipinski definition) is 2. The summed E-state index contributed by atoms with van der Waals surface area (Å²) in [6, 6.07) is 6.43. The number of benzene rings is 1. The van der Waals surface area contributed by atoms with Gasteiger partial charge in [-0.15, -0.1) is 6.58 Å². The van der Waals surface area contributed by atoms with Crippen molar-refractivity contribution in [1.82, 2.24) is 0 Å². The summed E-state index contributed by atoms with van der Waals surface area (Å²) >= 11 is 5.87. The molecule has 0 aromatic heterocycles. The molecule has 0 fully saturated rings. The summed E-state index contributed by atoms with van der Waals surface area (Å²) in [5, 5.41) is 3.15. The average molecular weight is 225 g/mol. The molecule has 0 spiro atoms. The van der Waals surface area contributed by atoms with Gasteiger partial charge >= 0.3 is 0 Å². The van der Waals surface area contributed by atoms with Crippen LogP contribution in [-0.4, -0.2) is 11.9 Å². The van der Waals surface area contributed by atoms with Gasteiger partial charge in [-0.1, -0.05) is 29.8 Å². The van der Waals surface area contributed by atoms with Crippen molar-refractivity contribution < 1.29 is 4.79 Å². The molecule has 1 atom stereocenters. The zero-order chi connectivity index (χ0) is 11.3. The zero-order valence-electron chi connectivity index (χ0n) is 8.24. The van der Waals surface area contributed by atoms with E-state index in [-0.39, 0.29) is 5.91 Å². The molecule has 0 bridgehead atoms. The second-order valence-electron chi connectivity index (χ2n) is 3.10. The normalized spacial score (nSPS) is 11.9. The third-order valence-electron chi connectivity index (χ3n) is 1.89. The van der Waals surface area contributed by atoms with Crippen molar-refractivity contribution in [3.63, 3.8) is 0 Å². The second-order valence-corrected chi connectivity index (χ2v) is 3.51. The molecule has 0 saturated heterocycles. The fourth-order valence-electron chi connectivity index (χ4n) is 1.07. The van der Waals surface area contributed by atoms with Crippen molar-refractivity contribution in [2.45, 2.75) is 12.5 Å². The van der Waals surface area contributed by atoms with Gasteiger partial charge in [0.1, 0.15) is 0 Å². The highest BCUT2D eigenvalue weighted by Crippen LogP contribution is 2.20. The van der Waals surface area contributed by atoms with E-state index in [4.69, 9.17) is 17.3 Å². The number of para-hydroxylation sites is 1. The van der Waals surface area contributed by atoms with E-state index in [0.717, 1.165) is 0 Å². The van der Waals surface area contributed by atoms with E-state index >= 15 is 0 Å². The Labute approximate surface area is 93.9 Å². The highest BCUT2D eigenvalue weighted by molar-refractivity contribution is 6.33. The van der Waals surface area contributed by atoms with Gasteiger partial charge in [0.15, 0.2) is 0 Å². The average Bonchev–Trinajstić information content (AvgIpc) is 2.21. The van der Waals surface area contributed by atoms with E-state index < -0.39 is 6.04 Å². The van der Waals surface area contributed by atoms with Crippen molar-refractivity contribution in [2.24, 2.45) is 5.73 Å². The van der Waals surface area contributed by atoms with Crippen LogP contribution in [0.25, 0.3) is 0 Å². The van der Waals surface area contributed by atoms with Gasteiger partial charge in [0.05, 0.1) is 16.8 Å². The van der Waals surface area contributed by atoms with Gasteiger partial charge in [-0.3, -0.25) is 4.79 Å². The molecular weight excluding hydrogens is 212 g/mol. The van der Waals surface area contributed by atoms with Crippen molar-refractivity contribution in [2.75, 3.05) is 5.32 Å². The van der Waals surface area contributed by atoms with Gasteiger partial charge in [0.2, 0.25) is 5.91 Å². The predicted molar refractivity (Wildman–Crippen MR) is 62.9 cm³/mol. The molecule has 1 unspecified atom stereocenters. The number of anilines is 1. The molecule has 0 heterocycles. The lowest BCUT2D eigenvalue weighted by Crippen LogP contribution is -2.35. The van der Waals surface area contributed by atoms with Crippen LogP contribution >= 0.6 is 11.6 Å². The fraction of sp³-hybridized carbons (Fsp3) is 0.182. The summed E-state index contributed by atoms with van der Waals surface area (Å²) in [7, 11) is 0. The summed E-state index contributed by atoms with van der Waals surface area (Å²) in [5.41, 5.74) is 6.17. The lowest BCUT2D eigenvalue weighted by Gasteiger charge is -2.11. The van der Waals surface area contributed by atoms with Crippen LogP contribution in [0.15, 0.2) is 36.9 Å². The Morgan fingerprint density at radius 3 is 2.87 bits per heavy atom. The number of amides is 1. The van der Waals surface area contributed by atoms with Gasteiger partial charge in [-0.2, -0.15) is 0 Å². The molecule has 1 aromatic rings. The molecule has 0 saturated carbocycles. The lowest BCUT2D eigenvalue weighted by molar-refractivity contribution is -0.117. The second kappa shape index (κ2) is 5.53. The SMILES string of the molecule is C=CCC(N)C(=O)Nc1ccccc1Cl. The Bertz CT molecular complexity index is 365. The van der Waals surface area contributed by atoms with Crippen LogP contribution < -0.4 is 11.1 Å². The first kappa shape index (κ1) is 11.8. The van der Waals surface area contributed by atoms with Crippen LogP contribution in [0.4, 0.5) is 5.69 Å². The minimum Gasteiger partial charge on any atom is -0.323 e. The number of carbonyl (C=O) groups excluding carboxylic acids is 1. The Morgan fingerprint density at radius 2 is 2.27 bits per heavy atom. The largest absolute Gasteiger partial charge is 0.323 e. The molecule has 1 amide bonds. The Kier molecular flexibility index (Phi) is 4.34. The minimum absolute atomic E-state index is 0.261. The number of rotatable bonds is 4. The Morgan fingerprint density at radius 1 is 1.60 bits per heavy atom. The number of nitrogens with one attached hydrogen (secondary N) is 1. The van der Waals surface area contributed by atoms with Gasteiger partial charge in [0.25, 0.3) is 0 Å². The van der Waals surface area contributed by atoms with E-state index in [1.165, 1.54) is 0 Å². The molecular formula is C11H13ClN2O. The molecule has 15 heavy (non-hydrogen) atoms. The summed E-state index contributed by atoms with van der Waals surface area (Å²) in [6.45, 7) is 3.52. The van der Waals surface area contributed by atoms with Crippen LogP contribution in [0.1, 0.15) is 6.42 Å². The third kappa shape index (κ3) is 3.38. The number of carbonyl (C=O) groups is 1. The van der Waals surface area contributed by atoms with Crippen LogP contribution in [-0.2, 0) is 4.79 Å². The van der Waals surface area contributed by atoms with Crippen LogP contribution in [0.5, 0.6) is 0 Å². The van der Waals surface area contributed by atoms with E-state index in [1.54, 1.807) is 30.3 Å². The summed E-state index contributed by atoms with van der Waals surface area (Å²) in [6.07, 6.45) is 2.05. The van der Waals surface area contributed by atoms with Crippen molar-refractivity contribution >= 4 is 23.2 Å². The van der Waals surface area contributed by atoms with Crippen LogP contribution in [0.2, 0.25) is 5.02 Å². The number of hydrogen-bond donors (Lipinski definition) is 2. The first-order valence-electron chi connectivity index (χ1n) is 4.57. The molecule has 4 heteroatoms.